The Morgan fingerprint density at radius 2 is 2.08 bits per heavy atom. The van der Waals surface area contributed by atoms with Gasteiger partial charge in [0.15, 0.2) is 0 Å². The largest absolute Gasteiger partial charge is 0.252 e. The van der Waals surface area contributed by atoms with Gasteiger partial charge in [-0.1, -0.05) is 28.1 Å². The highest BCUT2D eigenvalue weighted by atomic mass is 79.9. The maximum absolute atomic E-state index is 13.0. The molecule has 0 radical (unpaired) electrons. The molecule has 0 saturated heterocycles. The summed E-state index contributed by atoms with van der Waals surface area (Å²) in [4.78, 5) is 0. The van der Waals surface area contributed by atoms with Crippen molar-refractivity contribution in [3.05, 3.63) is 33.8 Å². The molecule has 0 atom stereocenters. The predicted molar refractivity (Wildman–Crippen MR) is 51.1 cm³/mol. The second kappa shape index (κ2) is 3.05. The first kappa shape index (κ1) is 9.13. The van der Waals surface area contributed by atoms with Crippen molar-refractivity contribution in [1.29, 1.82) is 0 Å². The minimum Gasteiger partial charge on any atom is -0.207 e. The second-order valence-electron chi connectivity index (χ2n) is 3.41. The van der Waals surface area contributed by atoms with Gasteiger partial charge in [0.05, 0.1) is 0 Å². The van der Waals surface area contributed by atoms with E-state index in [1.807, 2.05) is 12.1 Å². The predicted octanol–water partition coefficient (Wildman–Crippen LogP) is 3.57. The molecular weight excluding hydrogens is 238 g/mol. The van der Waals surface area contributed by atoms with E-state index >= 15 is 0 Å². The van der Waals surface area contributed by atoms with Gasteiger partial charge in [0.2, 0.25) is 0 Å². The number of benzene rings is 1. The molecule has 0 amide bonds. The van der Waals surface area contributed by atoms with Crippen molar-refractivity contribution >= 4 is 15.9 Å². The number of fused-ring (bicyclic) bond motifs is 1. The zero-order valence-electron chi connectivity index (χ0n) is 6.99. The quantitative estimate of drug-likeness (QED) is 0.657. The summed E-state index contributed by atoms with van der Waals surface area (Å²) in [6.45, 7) is 0. The molecule has 0 heterocycles. The molecule has 0 unspecified atom stereocenters. The lowest BCUT2D eigenvalue weighted by molar-refractivity contribution is -0.0123. The first-order valence-electron chi connectivity index (χ1n) is 4.23. The fourth-order valence-corrected chi connectivity index (χ4v) is 2.33. The average molecular weight is 247 g/mol. The molecule has 1 aromatic rings. The summed E-state index contributed by atoms with van der Waals surface area (Å²) >= 11 is 3.37. The third-order valence-corrected chi connectivity index (χ3v) is 3.15. The first-order valence-corrected chi connectivity index (χ1v) is 5.02. The molecule has 0 aliphatic heterocycles. The highest BCUT2D eigenvalue weighted by Crippen LogP contribution is 2.35. The molecule has 0 spiro atoms. The van der Waals surface area contributed by atoms with Crippen LogP contribution in [0.3, 0.4) is 0 Å². The minimum atomic E-state index is -2.51. The Kier molecular flexibility index (Phi) is 2.14. The topological polar surface area (TPSA) is 0 Å². The van der Waals surface area contributed by atoms with Crippen LogP contribution >= 0.6 is 15.9 Å². The molecule has 0 aromatic heterocycles. The molecular formula is C10H9BrF2. The van der Waals surface area contributed by atoms with E-state index in [1.54, 1.807) is 6.07 Å². The summed E-state index contributed by atoms with van der Waals surface area (Å²) in [6.07, 6.45) is 0.341. The third kappa shape index (κ3) is 1.75. The van der Waals surface area contributed by atoms with Gasteiger partial charge in [-0.2, -0.15) is 0 Å². The van der Waals surface area contributed by atoms with Crippen LogP contribution in [0.15, 0.2) is 22.7 Å². The maximum atomic E-state index is 13.0. The summed E-state index contributed by atoms with van der Waals surface area (Å²) in [5, 5.41) is 0. The number of rotatable bonds is 0. The van der Waals surface area contributed by atoms with E-state index in [4.69, 9.17) is 0 Å². The van der Waals surface area contributed by atoms with Crippen molar-refractivity contribution in [1.82, 2.24) is 0 Å². The average Bonchev–Trinajstić information content (AvgIpc) is 2.02. The SMILES string of the molecule is FC1(F)CCc2c(Br)cccc2C1. The Morgan fingerprint density at radius 1 is 1.31 bits per heavy atom. The van der Waals surface area contributed by atoms with Crippen molar-refractivity contribution in [2.75, 3.05) is 0 Å². The lowest BCUT2D eigenvalue weighted by Crippen LogP contribution is -2.26. The number of hydrogen-bond donors (Lipinski definition) is 0. The number of halogens is 3. The van der Waals surface area contributed by atoms with Gasteiger partial charge in [0.1, 0.15) is 0 Å². The molecule has 1 aromatic carbocycles. The van der Waals surface area contributed by atoms with Gasteiger partial charge in [-0.05, 0) is 23.6 Å². The smallest absolute Gasteiger partial charge is 0.207 e. The van der Waals surface area contributed by atoms with Crippen molar-refractivity contribution in [2.45, 2.75) is 25.2 Å². The van der Waals surface area contributed by atoms with Crippen molar-refractivity contribution in [3.8, 4) is 0 Å². The summed E-state index contributed by atoms with van der Waals surface area (Å²) < 4.78 is 27.0. The first-order chi connectivity index (χ1) is 6.08. The van der Waals surface area contributed by atoms with Gasteiger partial charge in [0.25, 0.3) is 5.92 Å². The molecule has 1 aliphatic carbocycles. The van der Waals surface area contributed by atoms with E-state index in [2.05, 4.69) is 15.9 Å². The Bertz CT molecular complexity index is 334. The highest BCUT2D eigenvalue weighted by Gasteiger charge is 2.34. The fraction of sp³-hybridized carbons (Fsp3) is 0.400. The van der Waals surface area contributed by atoms with Gasteiger partial charge in [0, 0.05) is 17.3 Å². The van der Waals surface area contributed by atoms with Crippen LogP contribution in [0.1, 0.15) is 17.5 Å². The molecule has 70 valence electrons. The Morgan fingerprint density at radius 3 is 2.85 bits per heavy atom. The molecule has 1 aliphatic rings. The summed E-state index contributed by atoms with van der Waals surface area (Å²) in [5.41, 5.74) is 1.83. The standard InChI is InChI=1S/C10H9BrF2/c11-9-3-1-2-7-6-10(12,13)5-4-8(7)9/h1-3H,4-6H2. The molecule has 13 heavy (non-hydrogen) atoms. The van der Waals surface area contributed by atoms with E-state index in [1.165, 1.54) is 0 Å². The van der Waals surface area contributed by atoms with Crippen LogP contribution in [0, 0.1) is 0 Å². The summed E-state index contributed by atoms with van der Waals surface area (Å²) in [6, 6.07) is 5.50. The van der Waals surface area contributed by atoms with E-state index < -0.39 is 5.92 Å². The Hall–Kier alpha value is -0.440. The van der Waals surface area contributed by atoms with Gasteiger partial charge in [-0.25, -0.2) is 8.78 Å². The fourth-order valence-electron chi connectivity index (χ4n) is 1.72. The van der Waals surface area contributed by atoms with Crippen LogP contribution in [0.2, 0.25) is 0 Å². The van der Waals surface area contributed by atoms with Crippen LogP contribution in [-0.2, 0) is 12.8 Å². The van der Waals surface area contributed by atoms with Gasteiger partial charge < -0.3 is 0 Å². The lowest BCUT2D eigenvalue weighted by Gasteiger charge is -2.24. The van der Waals surface area contributed by atoms with Crippen LogP contribution in [0.25, 0.3) is 0 Å². The van der Waals surface area contributed by atoms with Gasteiger partial charge in [-0.15, -0.1) is 0 Å². The van der Waals surface area contributed by atoms with Crippen LogP contribution in [0.5, 0.6) is 0 Å². The third-order valence-electron chi connectivity index (χ3n) is 2.41. The normalized spacial score (nSPS) is 19.6. The summed E-state index contributed by atoms with van der Waals surface area (Å²) in [5.74, 6) is -2.51. The Balaban J connectivity index is 2.42. The Labute approximate surface area is 84.1 Å². The summed E-state index contributed by atoms with van der Waals surface area (Å²) in [7, 11) is 0. The lowest BCUT2D eigenvalue weighted by atomic mass is 9.89. The second-order valence-corrected chi connectivity index (χ2v) is 4.26. The van der Waals surface area contributed by atoms with Crippen LogP contribution < -0.4 is 0 Å². The van der Waals surface area contributed by atoms with Gasteiger partial charge >= 0.3 is 0 Å². The van der Waals surface area contributed by atoms with Crippen LogP contribution in [0.4, 0.5) is 8.78 Å². The molecule has 0 bridgehead atoms. The minimum absolute atomic E-state index is 0.0252. The van der Waals surface area contributed by atoms with Crippen molar-refractivity contribution in [3.63, 3.8) is 0 Å². The molecule has 2 rings (SSSR count). The maximum Gasteiger partial charge on any atom is 0.252 e. The molecule has 0 fully saturated rings. The zero-order chi connectivity index (χ0) is 9.47. The molecule has 0 nitrogen and oxygen atoms in total. The van der Waals surface area contributed by atoms with E-state index in [-0.39, 0.29) is 12.8 Å². The van der Waals surface area contributed by atoms with E-state index in [0.29, 0.717) is 6.42 Å². The van der Waals surface area contributed by atoms with Crippen LogP contribution in [-0.4, -0.2) is 5.92 Å². The van der Waals surface area contributed by atoms with Crippen molar-refractivity contribution < 1.29 is 8.78 Å². The monoisotopic (exact) mass is 246 g/mol. The molecule has 3 heteroatoms. The van der Waals surface area contributed by atoms with Gasteiger partial charge in [-0.3, -0.25) is 0 Å². The van der Waals surface area contributed by atoms with E-state index in [0.717, 1.165) is 15.6 Å². The van der Waals surface area contributed by atoms with Crippen molar-refractivity contribution in [2.24, 2.45) is 0 Å². The number of hydrogen-bond acceptors (Lipinski definition) is 0. The highest BCUT2D eigenvalue weighted by molar-refractivity contribution is 9.10. The zero-order valence-corrected chi connectivity index (χ0v) is 8.57. The molecule has 0 saturated carbocycles. The van der Waals surface area contributed by atoms with E-state index in [9.17, 15) is 8.78 Å². The number of alkyl halides is 2. The molecule has 0 N–H and O–H groups in total.